The third kappa shape index (κ3) is 1.49. The molecule has 2 aromatic rings. The highest BCUT2D eigenvalue weighted by Crippen LogP contribution is 2.30. The second kappa shape index (κ2) is 3.82. The molecule has 0 saturated heterocycles. The van der Waals surface area contributed by atoms with E-state index >= 15 is 0 Å². The number of nitrogens with two attached hydrogens (primary N) is 1. The number of hydrogen-bond donors (Lipinski definition) is 1. The van der Waals surface area contributed by atoms with Gasteiger partial charge >= 0.3 is 0 Å². The Kier molecular flexibility index (Phi) is 2.30. The zero-order chi connectivity index (χ0) is 11.8. The summed E-state index contributed by atoms with van der Waals surface area (Å²) in [7, 11) is 1.98. The fraction of sp³-hybridized carbons (Fsp3) is 0.133. The predicted octanol–water partition coefficient (Wildman–Crippen LogP) is 1.61. The van der Waals surface area contributed by atoms with Crippen LogP contribution < -0.4 is 5.32 Å². The van der Waals surface area contributed by atoms with Crippen molar-refractivity contribution in [3.63, 3.8) is 0 Å². The van der Waals surface area contributed by atoms with Crippen molar-refractivity contribution < 1.29 is 10.1 Å². The third-order valence-electron chi connectivity index (χ3n) is 3.23. The smallest absolute Gasteiger partial charge is 0.195 e. The van der Waals surface area contributed by atoms with Crippen molar-refractivity contribution in [3.05, 3.63) is 53.1 Å². The first kappa shape index (κ1) is 10.2. The largest absolute Gasteiger partial charge is 0.345 e. The second-order valence-electron chi connectivity index (χ2n) is 4.36. The highest BCUT2D eigenvalue weighted by atomic mass is 16.1. The van der Waals surface area contributed by atoms with Crippen molar-refractivity contribution in [2.24, 2.45) is 0 Å². The molecule has 0 aromatic heterocycles. The van der Waals surface area contributed by atoms with Gasteiger partial charge in [0.05, 0.1) is 12.6 Å². The van der Waals surface area contributed by atoms with Gasteiger partial charge in [-0.25, -0.2) is 0 Å². The summed E-state index contributed by atoms with van der Waals surface area (Å²) in [6, 6.07) is 12.1. The Morgan fingerprint density at radius 2 is 1.88 bits per heavy atom. The van der Waals surface area contributed by atoms with Gasteiger partial charge in [-0.1, -0.05) is 36.4 Å². The molecule has 1 aliphatic carbocycles. The number of benzene rings is 2. The van der Waals surface area contributed by atoms with E-state index in [1.807, 2.05) is 36.6 Å². The van der Waals surface area contributed by atoms with Crippen LogP contribution in [0.25, 0.3) is 16.8 Å². The lowest BCUT2D eigenvalue weighted by molar-refractivity contribution is -0.618. The van der Waals surface area contributed by atoms with Crippen LogP contribution in [-0.4, -0.2) is 19.4 Å². The quantitative estimate of drug-likeness (QED) is 0.826. The van der Waals surface area contributed by atoms with Gasteiger partial charge in [0.15, 0.2) is 5.78 Å². The second-order valence-corrected chi connectivity index (χ2v) is 4.36. The highest BCUT2D eigenvalue weighted by molar-refractivity contribution is 6.22. The maximum absolute atomic E-state index is 12.3. The van der Waals surface area contributed by atoms with Gasteiger partial charge < -0.3 is 5.32 Å². The number of rotatable bonds is 2. The van der Waals surface area contributed by atoms with Gasteiger partial charge in [0.25, 0.3) is 0 Å². The summed E-state index contributed by atoms with van der Waals surface area (Å²) in [5, 5.41) is 4.27. The molecule has 2 aromatic carbocycles. The van der Waals surface area contributed by atoms with Gasteiger partial charge in [0.1, 0.15) is 6.54 Å². The van der Waals surface area contributed by atoms with E-state index in [2.05, 4.69) is 18.2 Å². The van der Waals surface area contributed by atoms with E-state index in [1.165, 1.54) is 0 Å². The monoisotopic (exact) mass is 224 g/mol. The molecule has 0 atom stereocenters. The van der Waals surface area contributed by atoms with E-state index in [0.717, 1.165) is 34.0 Å². The van der Waals surface area contributed by atoms with Gasteiger partial charge in [-0.15, -0.1) is 0 Å². The lowest BCUT2D eigenvalue weighted by atomic mass is 9.88. The molecule has 0 amide bonds. The molecular weight excluding hydrogens is 210 g/mol. The Balaban J connectivity index is 2.33. The van der Waals surface area contributed by atoms with E-state index in [1.54, 1.807) is 0 Å². The number of hydrogen-bond acceptors (Lipinski definition) is 1. The van der Waals surface area contributed by atoms with Gasteiger partial charge in [0, 0.05) is 10.9 Å². The summed E-state index contributed by atoms with van der Waals surface area (Å²) in [6.07, 6.45) is 2.03. The molecule has 84 valence electrons. The molecule has 0 fully saturated rings. The van der Waals surface area contributed by atoms with Crippen molar-refractivity contribution in [1.29, 1.82) is 0 Å². The summed E-state index contributed by atoms with van der Waals surface area (Å²) >= 11 is 0. The summed E-state index contributed by atoms with van der Waals surface area (Å²) in [5.41, 5.74) is 2.89. The molecule has 0 bridgehead atoms. The molecule has 0 saturated carbocycles. The molecular formula is C15H14NO+. The molecule has 0 spiro atoms. The number of quaternary nitrogens is 1. The van der Waals surface area contributed by atoms with E-state index in [0.29, 0.717) is 0 Å². The molecule has 0 aliphatic heterocycles. The molecule has 0 radical (unpaired) electrons. The van der Waals surface area contributed by atoms with Crippen molar-refractivity contribution in [3.8, 4) is 0 Å². The van der Waals surface area contributed by atoms with Crippen LogP contribution in [-0.2, 0) is 0 Å². The Hall–Kier alpha value is -1.93. The van der Waals surface area contributed by atoms with Crippen LogP contribution in [0.15, 0.2) is 42.0 Å². The average Bonchev–Trinajstić information content (AvgIpc) is 2.36. The molecule has 17 heavy (non-hydrogen) atoms. The van der Waals surface area contributed by atoms with E-state index < -0.39 is 0 Å². The number of likely N-dealkylation sites (N-methyl/N-ethyl adjacent to an activating group) is 1. The first-order valence-corrected chi connectivity index (χ1v) is 5.86. The lowest BCUT2D eigenvalue weighted by Crippen LogP contribution is -2.80. The zero-order valence-electron chi connectivity index (χ0n) is 9.73. The molecule has 1 aliphatic rings. The van der Waals surface area contributed by atoms with Gasteiger partial charge in [-0.3, -0.25) is 4.79 Å². The minimum atomic E-state index is 0.174. The topological polar surface area (TPSA) is 33.7 Å². The van der Waals surface area contributed by atoms with Crippen molar-refractivity contribution >= 4 is 22.6 Å². The van der Waals surface area contributed by atoms with Crippen molar-refractivity contribution in [2.45, 2.75) is 0 Å². The summed E-state index contributed by atoms with van der Waals surface area (Å²) in [5.74, 6) is 0.174. The predicted molar refractivity (Wildman–Crippen MR) is 69.0 cm³/mol. The Morgan fingerprint density at radius 3 is 2.65 bits per heavy atom. The molecule has 0 heterocycles. The number of Topliss-reactive ketones (excluding diaryl/α,β-unsaturated/α-hetero) is 1. The standard InChI is InChI=1S/C15H13NO/c1-16-9-12-8-11-6-2-4-10-5-3-7-13(14(10)11)15(12)17/h2-8,16H,9H2,1H3/p+1. The van der Waals surface area contributed by atoms with Gasteiger partial charge in [-0.05, 0) is 17.0 Å². The minimum absolute atomic E-state index is 0.174. The summed E-state index contributed by atoms with van der Waals surface area (Å²) in [4.78, 5) is 12.3. The number of carbonyl (C=O) groups is 1. The minimum Gasteiger partial charge on any atom is -0.345 e. The normalized spacial score (nSPS) is 13.9. The molecule has 2 nitrogen and oxygen atoms in total. The molecule has 3 rings (SSSR count). The van der Waals surface area contributed by atoms with Crippen LogP contribution in [0, 0.1) is 0 Å². The van der Waals surface area contributed by atoms with Crippen LogP contribution in [0.3, 0.4) is 0 Å². The maximum atomic E-state index is 12.3. The lowest BCUT2D eigenvalue weighted by Gasteiger charge is -2.15. The van der Waals surface area contributed by atoms with Crippen molar-refractivity contribution in [1.82, 2.24) is 0 Å². The van der Waals surface area contributed by atoms with Crippen molar-refractivity contribution in [2.75, 3.05) is 13.6 Å². The highest BCUT2D eigenvalue weighted by Gasteiger charge is 2.21. The fourth-order valence-corrected chi connectivity index (χ4v) is 2.48. The number of ketones is 1. The van der Waals surface area contributed by atoms with E-state index in [9.17, 15) is 4.79 Å². The Bertz CT molecular complexity index is 635. The average molecular weight is 224 g/mol. The zero-order valence-corrected chi connectivity index (χ0v) is 9.73. The van der Waals surface area contributed by atoms with Gasteiger partial charge in [-0.2, -0.15) is 0 Å². The Labute approximate surface area is 100.0 Å². The summed E-state index contributed by atoms with van der Waals surface area (Å²) < 4.78 is 0. The first-order valence-electron chi connectivity index (χ1n) is 5.86. The van der Waals surface area contributed by atoms with Crippen LogP contribution in [0.2, 0.25) is 0 Å². The Morgan fingerprint density at radius 1 is 1.12 bits per heavy atom. The summed E-state index contributed by atoms with van der Waals surface area (Å²) in [6.45, 7) is 0.740. The van der Waals surface area contributed by atoms with Crippen LogP contribution in [0.5, 0.6) is 0 Å². The first-order chi connectivity index (χ1) is 8.31. The van der Waals surface area contributed by atoms with Crippen LogP contribution in [0.4, 0.5) is 0 Å². The van der Waals surface area contributed by atoms with Crippen LogP contribution >= 0.6 is 0 Å². The molecule has 0 unspecified atom stereocenters. The fourth-order valence-electron chi connectivity index (χ4n) is 2.48. The SMILES string of the molecule is C[NH2+]CC1=Cc2cccc3cccc(c23)C1=O. The van der Waals surface area contributed by atoms with Gasteiger partial charge in [0.2, 0.25) is 0 Å². The molecule has 2 N–H and O–H groups in total. The van der Waals surface area contributed by atoms with Crippen LogP contribution in [0.1, 0.15) is 15.9 Å². The van der Waals surface area contributed by atoms with E-state index in [-0.39, 0.29) is 5.78 Å². The van der Waals surface area contributed by atoms with E-state index in [4.69, 9.17) is 0 Å². The number of carbonyl (C=O) groups excluding carboxylic acids is 1. The molecule has 2 heteroatoms. The maximum Gasteiger partial charge on any atom is 0.195 e. The third-order valence-corrected chi connectivity index (χ3v) is 3.23.